The predicted molar refractivity (Wildman–Crippen MR) is 119 cm³/mol. The number of halogens is 1. The van der Waals surface area contributed by atoms with Crippen LogP contribution in [-0.4, -0.2) is 78.3 Å². The second kappa shape index (κ2) is 10.4. The first-order valence-corrected chi connectivity index (χ1v) is 11.0. The van der Waals surface area contributed by atoms with Crippen molar-refractivity contribution < 1.29 is 28.9 Å². The summed E-state index contributed by atoms with van der Waals surface area (Å²) in [6, 6.07) is 5.80. The summed E-state index contributed by atoms with van der Waals surface area (Å²) in [6.07, 6.45) is 0.705. The number of carbonyl (C=O) groups is 1. The van der Waals surface area contributed by atoms with Crippen LogP contribution in [0.25, 0.3) is 11.5 Å². The van der Waals surface area contributed by atoms with Gasteiger partial charge in [0.2, 0.25) is 5.82 Å². The third-order valence-corrected chi connectivity index (χ3v) is 5.60. The van der Waals surface area contributed by atoms with Crippen LogP contribution in [-0.2, 0) is 17.8 Å². The zero-order valence-corrected chi connectivity index (χ0v) is 19.3. The lowest BCUT2D eigenvalue weighted by atomic mass is 9.94. The summed E-state index contributed by atoms with van der Waals surface area (Å²) in [7, 11) is 1.37. The molecule has 1 aliphatic heterocycles. The van der Waals surface area contributed by atoms with Gasteiger partial charge < -0.3 is 25.0 Å². The Morgan fingerprint density at radius 3 is 2.91 bits per heavy atom. The third-order valence-electron chi connectivity index (χ3n) is 5.60. The van der Waals surface area contributed by atoms with Crippen molar-refractivity contribution in [1.82, 2.24) is 35.5 Å². The minimum atomic E-state index is -1.21. The van der Waals surface area contributed by atoms with Gasteiger partial charge in [-0.05, 0) is 48.7 Å². The van der Waals surface area contributed by atoms with E-state index < -0.39 is 17.3 Å². The summed E-state index contributed by atoms with van der Waals surface area (Å²) in [5.41, 5.74) is -0.0988. The SMILES string of the molecule is COc1cc(CNC(=O)c2cc(-c3nnn(C[C@H]4CC[C@@](O)(CO)CO4)n3)nc(C)n2)ccc1F. The standard InChI is InChI=1S/C22H26FN7O5/c1-13-25-17(20-27-29-30(28-20)10-15-5-6-22(33,11-31)12-35-15)8-18(26-13)21(32)24-9-14-3-4-16(23)19(7-14)34-2/h3-4,7-8,15,31,33H,5-6,9-12H2,1-2H3,(H,24,32)/t15-,22-/m1/s1. The fraction of sp³-hybridized carbons (Fsp3) is 0.455. The van der Waals surface area contributed by atoms with Gasteiger partial charge in [0, 0.05) is 6.54 Å². The van der Waals surface area contributed by atoms with Crippen molar-refractivity contribution in [3.8, 4) is 17.3 Å². The van der Waals surface area contributed by atoms with Crippen molar-refractivity contribution >= 4 is 5.91 Å². The number of hydrogen-bond acceptors (Lipinski definition) is 10. The van der Waals surface area contributed by atoms with E-state index in [1.807, 2.05) is 0 Å². The molecule has 4 rings (SSSR count). The smallest absolute Gasteiger partial charge is 0.270 e. The van der Waals surface area contributed by atoms with Crippen LogP contribution in [0, 0.1) is 12.7 Å². The maximum absolute atomic E-state index is 13.6. The molecule has 1 fully saturated rings. The lowest BCUT2D eigenvalue weighted by molar-refractivity contribution is -0.142. The van der Waals surface area contributed by atoms with Gasteiger partial charge in [-0.3, -0.25) is 4.79 Å². The van der Waals surface area contributed by atoms with Crippen molar-refractivity contribution in [2.24, 2.45) is 0 Å². The van der Waals surface area contributed by atoms with Crippen molar-refractivity contribution in [1.29, 1.82) is 0 Å². The van der Waals surface area contributed by atoms with Crippen molar-refractivity contribution in [2.45, 2.75) is 44.6 Å². The van der Waals surface area contributed by atoms with E-state index in [9.17, 15) is 19.4 Å². The Morgan fingerprint density at radius 1 is 1.37 bits per heavy atom. The molecule has 3 N–H and O–H groups in total. The van der Waals surface area contributed by atoms with Crippen LogP contribution in [0.1, 0.15) is 34.7 Å². The first-order valence-electron chi connectivity index (χ1n) is 11.0. The number of hydrogen-bond donors (Lipinski definition) is 3. The first kappa shape index (κ1) is 24.6. The van der Waals surface area contributed by atoms with Gasteiger partial charge >= 0.3 is 0 Å². The number of methoxy groups -OCH3 is 1. The molecular formula is C22H26FN7O5. The molecule has 0 unspecified atom stereocenters. The van der Waals surface area contributed by atoms with Gasteiger partial charge in [-0.15, -0.1) is 10.2 Å². The molecule has 1 aromatic carbocycles. The average molecular weight is 487 g/mol. The monoisotopic (exact) mass is 487 g/mol. The quantitative estimate of drug-likeness (QED) is 0.407. The van der Waals surface area contributed by atoms with Crippen LogP contribution < -0.4 is 10.1 Å². The fourth-order valence-corrected chi connectivity index (χ4v) is 3.62. The van der Waals surface area contributed by atoms with Crippen LogP contribution in [0.3, 0.4) is 0 Å². The molecule has 13 heteroatoms. The normalized spacial score (nSPS) is 20.0. The third kappa shape index (κ3) is 5.93. The van der Waals surface area contributed by atoms with Gasteiger partial charge in [-0.1, -0.05) is 6.07 Å². The average Bonchev–Trinajstić information content (AvgIpc) is 3.33. The number of ether oxygens (including phenoxy) is 2. The molecule has 2 atom stereocenters. The predicted octanol–water partition coefficient (Wildman–Crippen LogP) is 0.419. The molecule has 1 aliphatic rings. The number of aromatic nitrogens is 6. The summed E-state index contributed by atoms with van der Waals surface area (Å²) in [5, 5.41) is 34.4. The maximum atomic E-state index is 13.6. The lowest BCUT2D eigenvalue weighted by Crippen LogP contribution is -2.45. The van der Waals surface area contributed by atoms with E-state index in [4.69, 9.17) is 9.47 Å². The largest absolute Gasteiger partial charge is 0.494 e. The number of tetrazole rings is 1. The number of aliphatic hydroxyl groups excluding tert-OH is 1. The molecule has 0 aliphatic carbocycles. The number of benzene rings is 1. The Bertz CT molecular complexity index is 1200. The Hall–Kier alpha value is -3.55. The topological polar surface area (TPSA) is 157 Å². The molecule has 0 radical (unpaired) electrons. The highest BCUT2D eigenvalue weighted by Gasteiger charge is 2.33. The summed E-state index contributed by atoms with van der Waals surface area (Å²) >= 11 is 0. The van der Waals surface area contributed by atoms with Crippen LogP contribution in [0.4, 0.5) is 4.39 Å². The van der Waals surface area contributed by atoms with E-state index >= 15 is 0 Å². The summed E-state index contributed by atoms with van der Waals surface area (Å²) in [5.74, 6) is -0.268. The zero-order valence-electron chi connectivity index (χ0n) is 19.3. The molecule has 0 bridgehead atoms. The highest BCUT2D eigenvalue weighted by Crippen LogP contribution is 2.23. The number of nitrogens with one attached hydrogen (secondary N) is 1. The Morgan fingerprint density at radius 2 is 2.20 bits per heavy atom. The van der Waals surface area contributed by atoms with E-state index in [2.05, 4.69) is 30.7 Å². The minimum Gasteiger partial charge on any atom is -0.494 e. The number of amides is 1. The molecule has 3 aromatic rings. The van der Waals surface area contributed by atoms with Gasteiger partial charge in [-0.2, -0.15) is 4.80 Å². The highest BCUT2D eigenvalue weighted by molar-refractivity contribution is 5.93. The van der Waals surface area contributed by atoms with E-state index in [1.54, 1.807) is 13.0 Å². The van der Waals surface area contributed by atoms with Crippen LogP contribution in [0.2, 0.25) is 0 Å². The Labute approximate surface area is 200 Å². The maximum Gasteiger partial charge on any atom is 0.270 e. The van der Waals surface area contributed by atoms with Crippen molar-refractivity contribution in [2.75, 3.05) is 20.3 Å². The van der Waals surface area contributed by atoms with Crippen LogP contribution in [0.5, 0.6) is 5.75 Å². The molecule has 2 aromatic heterocycles. The number of aryl methyl sites for hydroxylation is 1. The molecule has 0 saturated carbocycles. The molecule has 0 spiro atoms. The highest BCUT2D eigenvalue weighted by atomic mass is 19.1. The molecule has 1 amide bonds. The van der Waals surface area contributed by atoms with E-state index in [-0.39, 0.29) is 43.1 Å². The zero-order chi connectivity index (χ0) is 25.0. The fourth-order valence-electron chi connectivity index (χ4n) is 3.62. The second-order valence-corrected chi connectivity index (χ2v) is 8.36. The van der Waals surface area contributed by atoms with Crippen LogP contribution >= 0.6 is 0 Å². The lowest BCUT2D eigenvalue weighted by Gasteiger charge is -2.34. The first-order chi connectivity index (χ1) is 16.8. The number of carbonyl (C=O) groups excluding carboxylic acids is 1. The van der Waals surface area contributed by atoms with Crippen molar-refractivity contribution in [3.05, 3.63) is 47.2 Å². The van der Waals surface area contributed by atoms with E-state index in [0.717, 1.165) is 0 Å². The summed E-state index contributed by atoms with van der Waals surface area (Å²) in [6.45, 7) is 1.78. The van der Waals surface area contributed by atoms with Crippen LogP contribution in [0.15, 0.2) is 24.3 Å². The Balaban J connectivity index is 1.41. The molecule has 35 heavy (non-hydrogen) atoms. The van der Waals surface area contributed by atoms with Gasteiger partial charge in [0.05, 0.1) is 33.0 Å². The Kier molecular flexibility index (Phi) is 7.28. The van der Waals surface area contributed by atoms with Gasteiger partial charge in [0.25, 0.3) is 5.91 Å². The number of aliphatic hydroxyl groups is 2. The summed E-state index contributed by atoms with van der Waals surface area (Å²) < 4.78 is 24.2. The molecule has 3 heterocycles. The van der Waals surface area contributed by atoms with Gasteiger partial charge in [-0.25, -0.2) is 14.4 Å². The molecule has 186 valence electrons. The molecule has 12 nitrogen and oxygen atoms in total. The van der Waals surface area contributed by atoms with Gasteiger partial charge in [0.1, 0.15) is 22.8 Å². The summed E-state index contributed by atoms with van der Waals surface area (Å²) in [4.78, 5) is 22.6. The molecule has 1 saturated heterocycles. The minimum absolute atomic E-state index is 0.0317. The number of nitrogens with zero attached hydrogens (tertiary/aromatic N) is 6. The number of rotatable bonds is 8. The molecular weight excluding hydrogens is 461 g/mol. The van der Waals surface area contributed by atoms with Gasteiger partial charge in [0.15, 0.2) is 11.6 Å². The van der Waals surface area contributed by atoms with Crippen molar-refractivity contribution in [3.63, 3.8) is 0 Å². The van der Waals surface area contributed by atoms with E-state index in [0.29, 0.717) is 36.5 Å². The second-order valence-electron chi connectivity index (χ2n) is 8.36. The van der Waals surface area contributed by atoms with E-state index in [1.165, 1.54) is 30.1 Å².